The van der Waals surface area contributed by atoms with Gasteiger partial charge in [-0.25, -0.2) is 4.98 Å². The molecule has 0 atom stereocenters. The van der Waals surface area contributed by atoms with Crippen LogP contribution in [0.1, 0.15) is 35.4 Å². The second kappa shape index (κ2) is 5.09. The number of ketones is 1. The average molecular weight is 273 g/mol. The fraction of sp³-hybridized carbons (Fsp3) is 0.357. The third-order valence-corrected chi connectivity index (χ3v) is 4.45. The molecule has 0 aliphatic heterocycles. The number of aromatic nitrogens is 2. The van der Waals surface area contributed by atoms with E-state index in [0.29, 0.717) is 17.1 Å². The van der Waals surface area contributed by atoms with E-state index < -0.39 is 0 Å². The molecule has 2 aromatic rings. The molecule has 2 N–H and O–H groups in total. The number of carbonyl (C=O) groups excluding carboxylic acids is 1. The summed E-state index contributed by atoms with van der Waals surface area (Å²) in [6.45, 7) is 0. The van der Waals surface area contributed by atoms with Crippen molar-refractivity contribution >= 4 is 22.9 Å². The van der Waals surface area contributed by atoms with Gasteiger partial charge in [-0.1, -0.05) is 12.8 Å². The van der Waals surface area contributed by atoms with Gasteiger partial charge in [0.25, 0.3) is 0 Å². The predicted octanol–water partition coefficient (Wildman–Crippen LogP) is 3.16. The summed E-state index contributed by atoms with van der Waals surface area (Å²) in [5.74, 6) is 1.23. The number of Topliss-reactive ketones (excluding diaryl/α,β-unsaturated/α-hetero) is 1. The molecule has 0 radical (unpaired) electrons. The molecule has 1 fully saturated rings. The minimum absolute atomic E-state index is 0.122. The summed E-state index contributed by atoms with van der Waals surface area (Å²) in [6, 6.07) is 3.77. The van der Waals surface area contributed by atoms with Crippen LogP contribution in [0.15, 0.2) is 24.5 Å². The van der Waals surface area contributed by atoms with Crippen LogP contribution in [0.5, 0.6) is 0 Å². The Morgan fingerprint density at radius 1 is 1.47 bits per heavy atom. The zero-order valence-electron chi connectivity index (χ0n) is 10.5. The Morgan fingerprint density at radius 3 is 3.00 bits per heavy atom. The second-order valence-corrected chi connectivity index (χ2v) is 5.88. The first-order valence-corrected chi connectivity index (χ1v) is 7.25. The van der Waals surface area contributed by atoms with Crippen LogP contribution in [0, 0.1) is 5.92 Å². The Labute approximate surface area is 115 Å². The lowest BCUT2D eigenvalue weighted by Crippen LogP contribution is -2.00. The van der Waals surface area contributed by atoms with Crippen LogP contribution in [-0.2, 0) is 0 Å². The van der Waals surface area contributed by atoms with Crippen LogP contribution in [0.4, 0.5) is 5.82 Å². The maximum absolute atomic E-state index is 12.1. The van der Waals surface area contributed by atoms with Gasteiger partial charge in [0, 0.05) is 24.4 Å². The van der Waals surface area contributed by atoms with Crippen molar-refractivity contribution < 1.29 is 4.79 Å². The fourth-order valence-electron chi connectivity index (χ4n) is 2.00. The molecule has 1 aliphatic carbocycles. The van der Waals surface area contributed by atoms with Crippen LogP contribution in [0.2, 0.25) is 0 Å². The molecule has 98 valence electrons. The summed E-state index contributed by atoms with van der Waals surface area (Å²) in [4.78, 5) is 21.0. The molecule has 3 rings (SSSR count). The molecule has 1 aliphatic rings. The van der Waals surface area contributed by atoms with E-state index in [-0.39, 0.29) is 5.78 Å². The number of thiazole rings is 1. The van der Waals surface area contributed by atoms with Crippen molar-refractivity contribution in [1.29, 1.82) is 0 Å². The first-order chi connectivity index (χ1) is 9.24. The average Bonchev–Trinajstić information content (AvgIpc) is 3.18. The highest BCUT2D eigenvalue weighted by atomic mass is 32.1. The normalized spacial score (nSPS) is 14.5. The molecule has 0 saturated heterocycles. The van der Waals surface area contributed by atoms with E-state index in [0.717, 1.165) is 22.9 Å². The molecule has 0 bridgehead atoms. The topological polar surface area (TPSA) is 68.9 Å². The molecule has 2 aromatic heterocycles. The number of nitrogens with two attached hydrogens (primary N) is 1. The van der Waals surface area contributed by atoms with E-state index in [2.05, 4.69) is 9.97 Å². The molecule has 4 nitrogen and oxygen atoms in total. The van der Waals surface area contributed by atoms with Gasteiger partial charge in [0.1, 0.15) is 15.7 Å². The molecule has 0 aromatic carbocycles. The van der Waals surface area contributed by atoms with Gasteiger partial charge in [0.15, 0.2) is 5.78 Å². The maximum Gasteiger partial charge on any atom is 0.176 e. The summed E-state index contributed by atoms with van der Waals surface area (Å²) in [5, 5.41) is 0.764. The molecule has 0 spiro atoms. The van der Waals surface area contributed by atoms with Crippen molar-refractivity contribution in [2.75, 3.05) is 5.73 Å². The highest BCUT2D eigenvalue weighted by Gasteiger charge is 2.24. The Hall–Kier alpha value is -1.75. The van der Waals surface area contributed by atoms with Crippen molar-refractivity contribution in [2.45, 2.75) is 25.7 Å². The number of nitrogen functional groups attached to an aromatic ring is 1. The Kier molecular flexibility index (Phi) is 3.29. The van der Waals surface area contributed by atoms with E-state index in [1.807, 2.05) is 12.1 Å². The van der Waals surface area contributed by atoms with Crippen LogP contribution in [0.25, 0.3) is 10.6 Å². The van der Waals surface area contributed by atoms with Gasteiger partial charge in [-0.2, -0.15) is 0 Å². The summed E-state index contributed by atoms with van der Waals surface area (Å²) < 4.78 is 0. The monoisotopic (exact) mass is 273 g/mol. The Balaban J connectivity index is 1.78. The van der Waals surface area contributed by atoms with E-state index in [1.165, 1.54) is 24.2 Å². The molecule has 0 amide bonds. The largest absolute Gasteiger partial charge is 0.382 e. The molecular formula is C14H15N3OS. The van der Waals surface area contributed by atoms with Gasteiger partial charge in [-0.3, -0.25) is 9.78 Å². The lowest BCUT2D eigenvalue weighted by Gasteiger charge is -1.96. The van der Waals surface area contributed by atoms with E-state index in [9.17, 15) is 4.79 Å². The maximum atomic E-state index is 12.1. The standard InChI is InChI=1S/C14H15N3OS/c15-13-12(11(18)6-5-9-3-4-9)19-14(17-13)10-2-1-7-16-8-10/h1-2,7-9H,3-6,15H2. The van der Waals surface area contributed by atoms with Gasteiger partial charge in [0.05, 0.1) is 0 Å². The van der Waals surface area contributed by atoms with Crippen molar-refractivity contribution in [3.05, 3.63) is 29.4 Å². The number of nitrogens with zero attached hydrogens (tertiary/aromatic N) is 2. The molecule has 2 heterocycles. The van der Waals surface area contributed by atoms with Crippen LogP contribution in [-0.4, -0.2) is 15.8 Å². The number of hydrogen-bond donors (Lipinski definition) is 1. The highest BCUT2D eigenvalue weighted by molar-refractivity contribution is 7.17. The second-order valence-electron chi connectivity index (χ2n) is 4.88. The van der Waals surface area contributed by atoms with E-state index >= 15 is 0 Å². The van der Waals surface area contributed by atoms with Crippen molar-refractivity contribution in [3.63, 3.8) is 0 Å². The molecular weight excluding hydrogens is 258 g/mol. The van der Waals surface area contributed by atoms with Crippen molar-refractivity contribution in [1.82, 2.24) is 9.97 Å². The highest BCUT2D eigenvalue weighted by Crippen LogP contribution is 2.35. The van der Waals surface area contributed by atoms with Crippen molar-refractivity contribution in [2.24, 2.45) is 5.92 Å². The number of pyridine rings is 1. The zero-order chi connectivity index (χ0) is 13.2. The summed E-state index contributed by atoms with van der Waals surface area (Å²) >= 11 is 1.37. The first kappa shape index (κ1) is 12.3. The smallest absolute Gasteiger partial charge is 0.176 e. The third kappa shape index (κ3) is 2.81. The number of rotatable bonds is 5. The van der Waals surface area contributed by atoms with Crippen LogP contribution in [0.3, 0.4) is 0 Å². The lowest BCUT2D eigenvalue weighted by atomic mass is 10.1. The van der Waals surface area contributed by atoms with Gasteiger partial charge in [-0.05, 0) is 24.5 Å². The van der Waals surface area contributed by atoms with Crippen LogP contribution < -0.4 is 5.73 Å². The van der Waals surface area contributed by atoms with Crippen molar-refractivity contribution in [3.8, 4) is 10.6 Å². The predicted molar refractivity (Wildman–Crippen MR) is 76.0 cm³/mol. The Bertz CT molecular complexity index is 590. The summed E-state index contributed by atoms with van der Waals surface area (Å²) in [5.41, 5.74) is 6.76. The Morgan fingerprint density at radius 2 is 2.32 bits per heavy atom. The van der Waals surface area contributed by atoms with E-state index in [1.54, 1.807) is 12.4 Å². The quantitative estimate of drug-likeness (QED) is 0.850. The third-order valence-electron chi connectivity index (χ3n) is 3.29. The minimum atomic E-state index is 0.122. The van der Waals surface area contributed by atoms with Gasteiger partial charge >= 0.3 is 0 Å². The molecule has 19 heavy (non-hydrogen) atoms. The lowest BCUT2D eigenvalue weighted by molar-refractivity contribution is 0.0982. The minimum Gasteiger partial charge on any atom is -0.382 e. The zero-order valence-corrected chi connectivity index (χ0v) is 11.3. The molecule has 5 heteroatoms. The summed E-state index contributed by atoms with van der Waals surface area (Å²) in [7, 11) is 0. The fourth-order valence-corrected chi connectivity index (χ4v) is 2.94. The summed E-state index contributed by atoms with van der Waals surface area (Å²) in [6.07, 6.45) is 7.56. The first-order valence-electron chi connectivity index (χ1n) is 6.44. The molecule has 1 saturated carbocycles. The SMILES string of the molecule is Nc1nc(-c2cccnc2)sc1C(=O)CCC1CC1. The number of carbonyl (C=O) groups is 1. The molecule has 0 unspecified atom stereocenters. The van der Waals surface area contributed by atoms with Gasteiger partial charge in [-0.15, -0.1) is 11.3 Å². The van der Waals surface area contributed by atoms with E-state index in [4.69, 9.17) is 5.73 Å². The number of hydrogen-bond acceptors (Lipinski definition) is 5. The van der Waals surface area contributed by atoms with Crippen LogP contribution >= 0.6 is 11.3 Å². The van der Waals surface area contributed by atoms with Gasteiger partial charge in [0.2, 0.25) is 0 Å². The van der Waals surface area contributed by atoms with Gasteiger partial charge < -0.3 is 5.73 Å². The number of anilines is 1.